The molecule has 1 aromatic heterocycles. The van der Waals surface area contributed by atoms with Gasteiger partial charge in [-0.3, -0.25) is 9.69 Å². The predicted molar refractivity (Wildman–Crippen MR) is 86.5 cm³/mol. The van der Waals surface area contributed by atoms with Crippen molar-refractivity contribution in [3.05, 3.63) is 24.2 Å². The SMILES string of the molecule is CC(C)CC(=O)N1CCN(Cc2ccoc2)[C@@H]2CS(=O)(=O)C[C@@H]21. The molecule has 0 bridgehead atoms. The van der Waals surface area contributed by atoms with E-state index >= 15 is 0 Å². The first-order chi connectivity index (χ1) is 10.9. The maximum Gasteiger partial charge on any atom is 0.223 e. The zero-order valence-electron chi connectivity index (χ0n) is 13.6. The lowest BCUT2D eigenvalue weighted by Crippen LogP contribution is -2.60. The summed E-state index contributed by atoms with van der Waals surface area (Å²) in [5.41, 5.74) is 1.04. The van der Waals surface area contributed by atoms with E-state index in [4.69, 9.17) is 4.42 Å². The maximum absolute atomic E-state index is 12.5. The molecule has 2 aliphatic rings. The lowest BCUT2D eigenvalue weighted by atomic mass is 10.0. The molecular weight excluding hydrogens is 316 g/mol. The molecule has 7 heteroatoms. The Morgan fingerprint density at radius 1 is 1.30 bits per heavy atom. The molecule has 0 N–H and O–H groups in total. The van der Waals surface area contributed by atoms with Gasteiger partial charge in [-0.1, -0.05) is 13.8 Å². The second-order valence-electron chi connectivity index (χ2n) is 7.00. The number of sulfone groups is 1. The van der Waals surface area contributed by atoms with Crippen LogP contribution in [0.3, 0.4) is 0 Å². The summed E-state index contributed by atoms with van der Waals surface area (Å²) in [6.07, 6.45) is 3.79. The standard InChI is InChI=1S/C16H24N2O4S/c1-12(2)7-16(19)18-5-4-17(8-13-3-6-22-9-13)14-10-23(20,21)11-15(14)18/h3,6,9,12,14-15H,4-5,7-8,10-11H2,1-2H3/t14-,15+/m1/s1. The van der Waals surface area contributed by atoms with Crippen molar-refractivity contribution < 1.29 is 17.6 Å². The van der Waals surface area contributed by atoms with Crippen molar-refractivity contribution in [2.45, 2.75) is 38.9 Å². The molecule has 0 spiro atoms. The summed E-state index contributed by atoms with van der Waals surface area (Å²) in [5.74, 6) is 0.586. The second-order valence-corrected chi connectivity index (χ2v) is 9.15. The molecule has 23 heavy (non-hydrogen) atoms. The fourth-order valence-electron chi connectivity index (χ4n) is 3.61. The third-order valence-corrected chi connectivity index (χ3v) is 6.36. The Labute approximate surface area is 137 Å². The number of hydrogen-bond acceptors (Lipinski definition) is 5. The quantitative estimate of drug-likeness (QED) is 0.822. The largest absolute Gasteiger partial charge is 0.472 e. The molecule has 0 radical (unpaired) electrons. The van der Waals surface area contributed by atoms with Gasteiger partial charge in [0.1, 0.15) is 0 Å². The van der Waals surface area contributed by atoms with E-state index in [0.29, 0.717) is 26.1 Å². The van der Waals surface area contributed by atoms with Crippen molar-refractivity contribution >= 4 is 15.7 Å². The van der Waals surface area contributed by atoms with Gasteiger partial charge in [0, 0.05) is 37.7 Å². The first kappa shape index (κ1) is 16.5. The number of fused-ring (bicyclic) bond motifs is 1. The van der Waals surface area contributed by atoms with Gasteiger partial charge in [0.25, 0.3) is 0 Å². The van der Waals surface area contributed by atoms with E-state index in [9.17, 15) is 13.2 Å². The van der Waals surface area contributed by atoms with Crippen molar-refractivity contribution in [1.82, 2.24) is 9.80 Å². The minimum Gasteiger partial charge on any atom is -0.472 e. The van der Waals surface area contributed by atoms with Crippen LogP contribution < -0.4 is 0 Å². The van der Waals surface area contributed by atoms with Gasteiger partial charge in [0.15, 0.2) is 9.84 Å². The van der Waals surface area contributed by atoms with Crippen molar-refractivity contribution in [3.63, 3.8) is 0 Å². The van der Waals surface area contributed by atoms with Gasteiger partial charge in [-0.25, -0.2) is 8.42 Å². The summed E-state index contributed by atoms with van der Waals surface area (Å²) in [5, 5.41) is 0. The molecular formula is C16H24N2O4S. The molecule has 128 valence electrons. The van der Waals surface area contributed by atoms with E-state index < -0.39 is 9.84 Å². The van der Waals surface area contributed by atoms with Crippen LogP contribution in [0.4, 0.5) is 0 Å². The van der Waals surface area contributed by atoms with Crippen molar-refractivity contribution in [3.8, 4) is 0 Å². The number of carbonyl (C=O) groups excluding carboxylic acids is 1. The van der Waals surface area contributed by atoms with Crippen LogP contribution in [0.25, 0.3) is 0 Å². The minimum atomic E-state index is -3.09. The number of furan rings is 1. The summed E-state index contributed by atoms with van der Waals surface area (Å²) in [6.45, 7) is 5.98. The third-order valence-electron chi connectivity index (χ3n) is 4.66. The molecule has 6 nitrogen and oxygen atoms in total. The lowest BCUT2D eigenvalue weighted by molar-refractivity contribution is -0.137. The van der Waals surface area contributed by atoms with E-state index in [2.05, 4.69) is 4.90 Å². The molecule has 1 aromatic rings. The molecule has 3 rings (SSSR count). The van der Waals surface area contributed by atoms with Crippen molar-refractivity contribution in [1.29, 1.82) is 0 Å². The van der Waals surface area contributed by atoms with E-state index in [0.717, 1.165) is 5.56 Å². The highest BCUT2D eigenvalue weighted by Crippen LogP contribution is 2.29. The Morgan fingerprint density at radius 2 is 2.04 bits per heavy atom. The van der Waals surface area contributed by atoms with Crippen LogP contribution in [0.15, 0.2) is 23.0 Å². The van der Waals surface area contributed by atoms with Crippen molar-refractivity contribution in [2.75, 3.05) is 24.6 Å². The number of nitrogens with zero attached hydrogens (tertiary/aromatic N) is 2. The van der Waals surface area contributed by atoms with Gasteiger partial charge in [-0.05, 0) is 12.0 Å². The van der Waals surface area contributed by atoms with Gasteiger partial charge >= 0.3 is 0 Å². The zero-order valence-corrected chi connectivity index (χ0v) is 14.5. The van der Waals surface area contributed by atoms with Gasteiger partial charge in [-0.15, -0.1) is 0 Å². The minimum absolute atomic E-state index is 0.0788. The number of amides is 1. The van der Waals surface area contributed by atoms with Crippen LogP contribution >= 0.6 is 0 Å². The Bertz CT molecular complexity index is 654. The number of hydrogen-bond donors (Lipinski definition) is 0. The average Bonchev–Trinajstić information content (AvgIpc) is 3.04. The molecule has 0 aliphatic carbocycles. The van der Waals surface area contributed by atoms with E-state index in [1.807, 2.05) is 19.9 Å². The highest BCUT2D eigenvalue weighted by atomic mass is 32.2. The second kappa shape index (κ2) is 6.28. The highest BCUT2D eigenvalue weighted by molar-refractivity contribution is 7.91. The van der Waals surface area contributed by atoms with Crippen LogP contribution in [-0.4, -0.2) is 60.8 Å². The lowest BCUT2D eigenvalue weighted by Gasteiger charge is -2.44. The normalized spacial score (nSPS) is 27.3. The number of rotatable bonds is 4. The third kappa shape index (κ3) is 3.61. The summed E-state index contributed by atoms with van der Waals surface area (Å²) in [7, 11) is -3.09. The fourth-order valence-corrected chi connectivity index (χ4v) is 5.63. The molecule has 2 fully saturated rings. The monoisotopic (exact) mass is 340 g/mol. The highest BCUT2D eigenvalue weighted by Gasteiger charge is 2.47. The topological polar surface area (TPSA) is 70.8 Å². The summed E-state index contributed by atoms with van der Waals surface area (Å²) >= 11 is 0. The van der Waals surface area contributed by atoms with E-state index in [-0.39, 0.29) is 35.4 Å². The molecule has 1 amide bonds. The van der Waals surface area contributed by atoms with Crippen LogP contribution in [0, 0.1) is 5.92 Å². The average molecular weight is 340 g/mol. The van der Waals surface area contributed by atoms with E-state index in [1.54, 1.807) is 17.4 Å². The first-order valence-electron chi connectivity index (χ1n) is 8.11. The van der Waals surface area contributed by atoms with Crippen LogP contribution in [0.5, 0.6) is 0 Å². The van der Waals surface area contributed by atoms with Crippen molar-refractivity contribution in [2.24, 2.45) is 5.92 Å². The van der Waals surface area contributed by atoms with Crippen LogP contribution in [0.2, 0.25) is 0 Å². The fraction of sp³-hybridized carbons (Fsp3) is 0.688. The molecule has 0 unspecified atom stereocenters. The molecule has 0 aromatic carbocycles. The molecule has 2 saturated heterocycles. The van der Waals surface area contributed by atoms with Gasteiger partial charge in [0.2, 0.25) is 5.91 Å². The molecule has 0 saturated carbocycles. The smallest absolute Gasteiger partial charge is 0.223 e. The summed E-state index contributed by atoms with van der Waals surface area (Å²) < 4.78 is 29.4. The van der Waals surface area contributed by atoms with Gasteiger partial charge in [-0.2, -0.15) is 0 Å². The van der Waals surface area contributed by atoms with Crippen LogP contribution in [-0.2, 0) is 21.2 Å². The Morgan fingerprint density at radius 3 is 2.70 bits per heavy atom. The first-order valence-corrected chi connectivity index (χ1v) is 9.93. The zero-order chi connectivity index (χ0) is 16.6. The number of piperazine rings is 1. The molecule has 2 atom stereocenters. The van der Waals surface area contributed by atoms with Crippen LogP contribution in [0.1, 0.15) is 25.8 Å². The Kier molecular flexibility index (Phi) is 4.51. The summed E-state index contributed by atoms with van der Waals surface area (Å²) in [4.78, 5) is 16.5. The summed E-state index contributed by atoms with van der Waals surface area (Å²) in [6, 6.07) is 1.57. The Hall–Kier alpha value is -1.34. The van der Waals surface area contributed by atoms with E-state index in [1.165, 1.54) is 0 Å². The molecule has 3 heterocycles. The van der Waals surface area contributed by atoms with Gasteiger partial charge < -0.3 is 9.32 Å². The maximum atomic E-state index is 12.5. The predicted octanol–water partition coefficient (Wildman–Crippen LogP) is 1.14. The molecule has 2 aliphatic heterocycles. The Balaban J connectivity index is 1.78. The number of carbonyl (C=O) groups is 1. The van der Waals surface area contributed by atoms with Gasteiger partial charge in [0.05, 0.1) is 30.1 Å².